The highest BCUT2D eigenvalue weighted by Gasteiger charge is 2.11. The Kier molecular flexibility index (Phi) is 2.46. The van der Waals surface area contributed by atoms with Crippen molar-refractivity contribution in [1.82, 2.24) is 5.16 Å². The van der Waals surface area contributed by atoms with E-state index in [2.05, 4.69) is 5.16 Å². The van der Waals surface area contributed by atoms with E-state index < -0.39 is 0 Å². The number of benzene rings is 1. The monoisotopic (exact) mass is 203 g/mol. The second-order valence-electron chi connectivity index (χ2n) is 3.49. The van der Waals surface area contributed by atoms with Crippen molar-refractivity contribution in [2.24, 2.45) is 0 Å². The molecule has 0 atom stereocenters. The van der Waals surface area contributed by atoms with Crippen molar-refractivity contribution >= 4 is 0 Å². The molecule has 0 spiro atoms. The van der Waals surface area contributed by atoms with Crippen molar-refractivity contribution in [3.63, 3.8) is 0 Å². The fraction of sp³-hybridized carbons (Fsp3) is 0.250. The van der Waals surface area contributed by atoms with Crippen LogP contribution >= 0.6 is 0 Å². The van der Waals surface area contributed by atoms with E-state index in [1.54, 1.807) is 7.11 Å². The third-order valence-corrected chi connectivity index (χ3v) is 2.31. The smallest absolute Gasteiger partial charge is 0.170 e. The van der Waals surface area contributed by atoms with Gasteiger partial charge in [0.25, 0.3) is 0 Å². The van der Waals surface area contributed by atoms with Crippen LogP contribution in [0.25, 0.3) is 11.3 Å². The van der Waals surface area contributed by atoms with E-state index in [9.17, 15) is 0 Å². The van der Waals surface area contributed by atoms with Crippen LogP contribution in [0.2, 0.25) is 0 Å². The standard InChI is InChI=1S/C12H13NO2/c1-8-5-4-6-10(12(8)14-3)11-7-9(2)13-15-11/h4-7H,1-3H3. The Bertz CT molecular complexity index is 474. The predicted molar refractivity (Wildman–Crippen MR) is 58.0 cm³/mol. The molecule has 15 heavy (non-hydrogen) atoms. The molecule has 0 N–H and O–H groups in total. The van der Waals surface area contributed by atoms with Gasteiger partial charge >= 0.3 is 0 Å². The summed E-state index contributed by atoms with van der Waals surface area (Å²) < 4.78 is 10.6. The molecule has 1 aromatic heterocycles. The van der Waals surface area contributed by atoms with Gasteiger partial charge in [0.05, 0.1) is 18.4 Å². The molecule has 0 radical (unpaired) electrons. The van der Waals surface area contributed by atoms with Crippen LogP contribution in [0.1, 0.15) is 11.3 Å². The van der Waals surface area contributed by atoms with Gasteiger partial charge in [-0.2, -0.15) is 0 Å². The lowest BCUT2D eigenvalue weighted by molar-refractivity contribution is 0.402. The molecule has 0 amide bonds. The molecule has 0 aliphatic heterocycles. The average Bonchev–Trinajstić information content (AvgIpc) is 2.64. The summed E-state index contributed by atoms with van der Waals surface area (Å²) >= 11 is 0. The van der Waals surface area contributed by atoms with Crippen molar-refractivity contribution in [2.45, 2.75) is 13.8 Å². The van der Waals surface area contributed by atoms with Gasteiger partial charge in [0.1, 0.15) is 5.75 Å². The molecule has 0 aliphatic rings. The maximum absolute atomic E-state index is 5.35. The number of para-hydroxylation sites is 1. The molecule has 0 aliphatic carbocycles. The molecule has 0 unspecified atom stereocenters. The van der Waals surface area contributed by atoms with E-state index in [4.69, 9.17) is 9.26 Å². The van der Waals surface area contributed by atoms with Gasteiger partial charge in [0.15, 0.2) is 5.76 Å². The van der Waals surface area contributed by atoms with Crippen molar-refractivity contribution in [1.29, 1.82) is 0 Å². The number of aromatic nitrogens is 1. The molecule has 0 saturated heterocycles. The first-order chi connectivity index (χ1) is 7.22. The molecule has 2 rings (SSSR count). The van der Waals surface area contributed by atoms with Crippen molar-refractivity contribution in [2.75, 3.05) is 7.11 Å². The van der Waals surface area contributed by atoms with E-state index in [0.717, 1.165) is 28.3 Å². The highest BCUT2D eigenvalue weighted by Crippen LogP contribution is 2.32. The Balaban J connectivity index is 2.57. The molecule has 0 saturated carbocycles. The number of hydrogen-bond donors (Lipinski definition) is 0. The summed E-state index contributed by atoms with van der Waals surface area (Å²) in [5.74, 6) is 1.58. The van der Waals surface area contributed by atoms with Crippen molar-refractivity contribution in [3.05, 3.63) is 35.5 Å². The maximum atomic E-state index is 5.35. The fourth-order valence-electron chi connectivity index (χ4n) is 1.61. The van der Waals surface area contributed by atoms with E-state index in [-0.39, 0.29) is 0 Å². The van der Waals surface area contributed by atoms with Gasteiger partial charge in [0, 0.05) is 6.07 Å². The molecule has 0 fully saturated rings. The molecular weight excluding hydrogens is 190 g/mol. The summed E-state index contributed by atoms with van der Waals surface area (Å²) in [7, 11) is 1.66. The zero-order valence-electron chi connectivity index (χ0n) is 9.07. The maximum Gasteiger partial charge on any atom is 0.170 e. The highest BCUT2D eigenvalue weighted by atomic mass is 16.5. The number of nitrogens with zero attached hydrogens (tertiary/aromatic N) is 1. The first kappa shape index (κ1) is 9.77. The SMILES string of the molecule is COc1c(C)cccc1-c1cc(C)no1. The zero-order valence-corrected chi connectivity index (χ0v) is 9.07. The first-order valence-corrected chi connectivity index (χ1v) is 4.79. The fourth-order valence-corrected chi connectivity index (χ4v) is 1.61. The summed E-state index contributed by atoms with van der Waals surface area (Å²) in [6.07, 6.45) is 0. The summed E-state index contributed by atoms with van der Waals surface area (Å²) in [5, 5.41) is 3.87. The summed E-state index contributed by atoms with van der Waals surface area (Å²) in [6.45, 7) is 3.90. The van der Waals surface area contributed by atoms with Gasteiger partial charge in [-0.15, -0.1) is 0 Å². The van der Waals surface area contributed by atoms with Gasteiger partial charge in [-0.05, 0) is 25.5 Å². The molecule has 1 aromatic carbocycles. The van der Waals surface area contributed by atoms with Gasteiger partial charge in [0.2, 0.25) is 0 Å². The largest absolute Gasteiger partial charge is 0.496 e. The minimum Gasteiger partial charge on any atom is -0.496 e. The Morgan fingerprint density at radius 1 is 1.27 bits per heavy atom. The molecular formula is C12H13NO2. The average molecular weight is 203 g/mol. The third kappa shape index (κ3) is 1.73. The zero-order chi connectivity index (χ0) is 10.8. The summed E-state index contributed by atoms with van der Waals surface area (Å²) in [5.41, 5.74) is 2.90. The molecule has 3 nitrogen and oxygen atoms in total. The van der Waals surface area contributed by atoms with Gasteiger partial charge in [-0.3, -0.25) is 0 Å². The lowest BCUT2D eigenvalue weighted by Crippen LogP contribution is -1.89. The van der Waals surface area contributed by atoms with Crippen LogP contribution in [0.5, 0.6) is 5.75 Å². The third-order valence-electron chi connectivity index (χ3n) is 2.31. The van der Waals surface area contributed by atoms with E-state index >= 15 is 0 Å². The number of rotatable bonds is 2. The highest BCUT2D eigenvalue weighted by molar-refractivity contribution is 5.67. The van der Waals surface area contributed by atoms with E-state index in [1.165, 1.54) is 0 Å². The van der Waals surface area contributed by atoms with Gasteiger partial charge in [-0.1, -0.05) is 17.3 Å². The number of ether oxygens (including phenoxy) is 1. The summed E-state index contributed by atoms with van der Waals surface area (Å²) in [6, 6.07) is 7.85. The molecule has 0 bridgehead atoms. The van der Waals surface area contributed by atoms with Crippen LogP contribution in [0.4, 0.5) is 0 Å². The van der Waals surface area contributed by atoms with Gasteiger partial charge < -0.3 is 9.26 Å². The minimum atomic E-state index is 0.744. The van der Waals surface area contributed by atoms with E-state index in [0.29, 0.717) is 0 Å². The first-order valence-electron chi connectivity index (χ1n) is 4.79. The lowest BCUT2D eigenvalue weighted by atomic mass is 10.1. The number of hydrogen-bond acceptors (Lipinski definition) is 3. The number of methoxy groups -OCH3 is 1. The minimum absolute atomic E-state index is 0.744. The van der Waals surface area contributed by atoms with Crippen LogP contribution in [0.15, 0.2) is 28.8 Å². The Morgan fingerprint density at radius 3 is 2.67 bits per heavy atom. The topological polar surface area (TPSA) is 35.3 Å². The van der Waals surface area contributed by atoms with Crippen molar-refractivity contribution < 1.29 is 9.26 Å². The predicted octanol–water partition coefficient (Wildman–Crippen LogP) is 2.97. The Morgan fingerprint density at radius 2 is 2.07 bits per heavy atom. The second kappa shape index (κ2) is 3.77. The number of aryl methyl sites for hydroxylation is 2. The van der Waals surface area contributed by atoms with Gasteiger partial charge in [-0.25, -0.2) is 0 Å². The second-order valence-corrected chi connectivity index (χ2v) is 3.49. The molecule has 3 heteroatoms. The summed E-state index contributed by atoms with van der Waals surface area (Å²) in [4.78, 5) is 0. The molecule has 1 heterocycles. The molecule has 2 aromatic rings. The normalized spacial score (nSPS) is 10.3. The molecule has 78 valence electrons. The van der Waals surface area contributed by atoms with Crippen molar-refractivity contribution in [3.8, 4) is 17.1 Å². The van der Waals surface area contributed by atoms with Crippen LogP contribution in [-0.4, -0.2) is 12.3 Å². The van der Waals surface area contributed by atoms with E-state index in [1.807, 2.05) is 38.1 Å². The van der Waals surface area contributed by atoms with Crippen LogP contribution in [0.3, 0.4) is 0 Å². The van der Waals surface area contributed by atoms with Crippen LogP contribution in [-0.2, 0) is 0 Å². The quantitative estimate of drug-likeness (QED) is 0.752. The van der Waals surface area contributed by atoms with Crippen LogP contribution < -0.4 is 4.74 Å². The lowest BCUT2D eigenvalue weighted by Gasteiger charge is -2.08. The Labute approximate surface area is 88.7 Å². The Hall–Kier alpha value is -1.77. The van der Waals surface area contributed by atoms with Crippen LogP contribution in [0, 0.1) is 13.8 Å².